The van der Waals surface area contributed by atoms with Crippen LogP contribution in [0, 0.1) is 0 Å². The first-order valence-corrected chi connectivity index (χ1v) is 31.0. The van der Waals surface area contributed by atoms with Crippen molar-refractivity contribution < 1.29 is 0 Å². The molecule has 0 spiro atoms. The molecule has 0 N–H and O–H groups in total. The molecule has 0 amide bonds. The highest BCUT2D eigenvalue weighted by Crippen LogP contribution is 2.31. The van der Waals surface area contributed by atoms with Crippen molar-refractivity contribution >= 4 is 53.0 Å². The highest BCUT2D eigenvalue weighted by molar-refractivity contribution is 6.94. The van der Waals surface area contributed by atoms with E-state index in [4.69, 9.17) is 0 Å². The van der Waals surface area contributed by atoms with Crippen molar-refractivity contribution in [3.8, 4) is 44.5 Å². The number of rotatable bonds is 8. The molecule has 0 nitrogen and oxygen atoms in total. The first kappa shape index (κ1) is 34.3. The van der Waals surface area contributed by atoms with Gasteiger partial charge in [-0.05, 0) is 44.5 Å². The molecule has 0 aliphatic carbocycles. The van der Waals surface area contributed by atoms with Gasteiger partial charge in [0.1, 0.15) is 0 Å². The van der Waals surface area contributed by atoms with Crippen molar-refractivity contribution in [3.63, 3.8) is 0 Å². The third-order valence-corrected chi connectivity index (χ3v) is 17.2. The molecule has 0 aliphatic rings. The lowest BCUT2D eigenvalue weighted by Gasteiger charge is -2.31. The van der Waals surface area contributed by atoms with E-state index in [9.17, 15) is 0 Å². The zero-order valence-electron chi connectivity index (χ0n) is 30.4. The summed E-state index contributed by atoms with van der Waals surface area (Å²) in [5.41, 5.74) is 11.2. The lowest BCUT2D eigenvalue weighted by molar-refractivity contribution is 1.57. The first-order chi connectivity index (χ1) is 21.4. The largest absolute Gasteiger partial charge is 0.0784 e. The molecule has 238 valence electrons. The molecule has 0 bridgehead atoms. The second-order valence-corrected chi connectivity index (χ2v) is 37.4. The van der Waals surface area contributed by atoms with Crippen LogP contribution >= 0.6 is 0 Å². The van der Waals surface area contributed by atoms with Gasteiger partial charge in [-0.2, -0.15) is 0 Å². The van der Waals surface area contributed by atoms with E-state index in [1.807, 2.05) is 0 Å². The topological polar surface area (TPSA) is 0 Å². The van der Waals surface area contributed by atoms with Crippen LogP contribution in [-0.2, 0) is 0 Å². The summed E-state index contributed by atoms with van der Waals surface area (Å²) < 4.78 is 0. The fourth-order valence-corrected chi connectivity index (χ4v) is 13.4. The summed E-state index contributed by atoms with van der Waals surface area (Å²) in [7, 11) is -6.74. The number of benzene rings is 5. The third-order valence-electron chi connectivity index (χ3n) is 9.19. The van der Waals surface area contributed by atoms with Gasteiger partial charge in [-0.1, -0.05) is 209 Å². The summed E-state index contributed by atoms with van der Waals surface area (Å²) in [6.45, 7) is 30.1. The third kappa shape index (κ3) is 7.26. The molecule has 0 saturated carbocycles. The quantitative estimate of drug-likeness (QED) is 0.144. The normalized spacial score (nSPS) is 12.8. The molecular weight excluding hydrogens is 617 g/mol. The number of hydrogen-bond acceptors (Lipinski definition) is 0. The van der Waals surface area contributed by atoms with E-state index in [-0.39, 0.29) is 0 Å². The molecule has 5 aromatic rings. The van der Waals surface area contributed by atoms with Crippen LogP contribution in [0.4, 0.5) is 0 Å². The maximum Gasteiger partial charge on any atom is 0.0784 e. The van der Waals surface area contributed by atoms with E-state index in [1.165, 1.54) is 44.5 Å². The fraction of sp³-hybridized carbons (Fsp3) is 0.286. The lowest BCUT2D eigenvalue weighted by atomic mass is 9.96. The van der Waals surface area contributed by atoms with Gasteiger partial charge in [-0.15, -0.1) is 0 Å². The predicted octanol–water partition coefficient (Wildman–Crippen LogP) is 10.5. The maximum absolute atomic E-state index is 2.53. The van der Waals surface area contributed by atoms with Crippen LogP contribution in [-0.4, -0.2) is 32.3 Å². The fourth-order valence-electron chi connectivity index (χ4n) is 6.67. The van der Waals surface area contributed by atoms with E-state index >= 15 is 0 Å². The Morgan fingerprint density at radius 2 is 0.500 bits per heavy atom. The summed E-state index contributed by atoms with van der Waals surface area (Å²) in [6, 6.07) is 41.9. The Morgan fingerprint density at radius 3 is 0.717 bits per heavy atom. The molecular formula is C42H54Si4. The van der Waals surface area contributed by atoms with Crippen LogP contribution in [0.15, 0.2) is 109 Å². The van der Waals surface area contributed by atoms with Gasteiger partial charge >= 0.3 is 0 Å². The Hall–Kier alpha value is -3.03. The lowest BCUT2D eigenvalue weighted by Crippen LogP contribution is -2.48. The molecule has 0 unspecified atom stereocenters. The molecule has 0 heterocycles. The monoisotopic (exact) mass is 670 g/mol. The molecule has 4 heteroatoms. The Kier molecular flexibility index (Phi) is 9.35. The smallest absolute Gasteiger partial charge is 0.0656 e. The summed E-state index contributed by atoms with van der Waals surface area (Å²) in [5.74, 6) is 0. The van der Waals surface area contributed by atoms with Gasteiger partial charge in [-0.3, -0.25) is 0 Å². The van der Waals surface area contributed by atoms with Crippen molar-refractivity contribution in [1.82, 2.24) is 0 Å². The summed E-state index contributed by atoms with van der Waals surface area (Å²) in [5, 5.41) is 6.32. The van der Waals surface area contributed by atoms with Crippen molar-refractivity contribution in [3.05, 3.63) is 109 Å². The van der Waals surface area contributed by atoms with Gasteiger partial charge in [0, 0.05) is 0 Å². The average molecular weight is 671 g/mol. The first-order valence-electron chi connectivity index (χ1n) is 17.0. The molecule has 0 aliphatic heterocycles. The van der Waals surface area contributed by atoms with Crippen LogP contribution in [0.2, 0.25) is 78.6 Å². The molecule has 5 aromatic carbocycles. The van der Waals surface area contributed by atoms with E-state index in [0.717, 1.165) is 0 Å². The molecule has 0 radical (unpaired) electrons. The van der Waals surface area contributed by atoms with Crippen LogP contribution < -0.4 is 20.7 Å². The second kappa shape index (κ2) is 12.5. The molecule has 0 fully saturated rings. The van der Waals surface area contributed by atoms with Crippen LogP contribution in [0.3, 0.4) is 0 Å². The molecule has 0 saturated heterocycles. The van der Waals surface area contributed by atoms with Gasteiger partial charge in [0.25, 0.3) is 0 Å². The Morgan fingerprint density at radius 1 is 0.261 bits per heavy atom. The summed E-state index contributed by atoms with van der Waals surface area (Å²) >= 11 is 0. The predicted molar refractivity (Wildman–Crippen MR) is 220 cm³/mol. The standard InChI is InChI=1S/C42H54Si4/c1-43(2,3)37-27-35(31-19-15-13-16-20-31)28-38(44(4,5)6)41(37)33-23-25-34(26-24-33)42-39(45(7,8)9)29-36(30-40(42)46(10,11)12)32-21-17-14-18-22-32/h13-30H,1-12H3. The van der Waals surface area contributed by atoms with Crippen molar-refractivity contribution in [2.24, 2.45) is 0 Å². The highest BCUT2D eigenvalue weighted by Gasteiger charge is 2.31. The van der Waals surface area contributed by atoms with Crippen molar-refractivity contribution in [2.45, 2.75) is 78.6 Å². The zero-order valence-corrected chi connectivity index (χ0v) is 34.4. The van der Waals surface area contributed by atoms with Crippen LogP contribution in [0.5, 0.6) is 0 Å². The van der Waals surface area contributed by atoms with E-state index in [2.05, 4.69) is 188 Å². The molecule has 0 atom stereocenters. The molecule has 46 heavy (non-hydrogen) atoms. The van der Waals surface area contributed by atoms with E-state index in [0.29, 0.717) is 0 Å². The van der Waals surface area contributed by atoms with Gasteiger partial charge in [0.2, 0.25) is 0 Å². The summed E-state index contributed by atoms with van der Waals surface area (Å²) in [4.78, 5) is 0. The second-order valence-electron chi connectivity index (χ2n) is 17.2. The highest BCUT2D eigenvalue weighted by atomic mass is 28.3. The van der Waals surface area contributed by atoms with Crippen molar-refractivity contribution in [2.75, 3.05) is 0 Å². The Labute approximate surface area is 284 Å². The minimum Gasteiger partial charge on any atom is -0.0656 e. The summed E-state index contributed by atoms with van der Waals surface area (Å²) in [6.07, 6.45) is 0. The average Bonchev–Trinajstić information content (AvgIpc) is 2.99. The van der Waals surface area contributed by atoms with Crippen LogP contribution in [0.1, 0.15) is 0 Å². The molecule has 0 aromatic heterocycles. The van der Waals surface area contributed by atoms with Gasteiger partial charge < -0.3 is 0 Å². The maximum atomic E-state index is 2.53. The minimum atomic E-state index is -1.69. The molecule has 5 rings (SSSR count). The minimum absolute atomic E-state index is 1.32. The van der Waals surface area contributed by atoms with Gasteiger partial charge in [0.05, 0.1) is 32.3 Å². The zero-order chi connectivity index (χ0) is 33.7. The van der Waals surface area contributed by atoms with Crippen LogP contribution in [0.25, 0.3) is 44.5 Å². The number of hydrogen-bond donors (Lipinski definition) is 0. The van der Waals surface area contributed by atoms with E-state index < -0.39 is 32.3 Å². The Bertz CT molecular complexity index is 1620. The van der Waals surface area contributed by atoms with Crippen molar-refractivity contribution in [1.29, 1.82) is 0 Å². The van der Waals surface area contributed by atoms with E-state index in [1.54, 1.807) is 20.7 Å². The SMILES string of the molecule is C[Si](C)(C)c1cc(-c2ccccc2)cc([Si](C)(C)C)c1-c1ccc(-c2c([Si](C)(C)C)cc(-c3ccccc3)cc2[Si](C)(C)C)cc1. The van der Waals surface area contributed by atoms with Gasteiger partial charge in [0.15, 0.2) is 0 Å². The Balaban J connectivity index is 1.75. The van der Waals surface area contributed by atoms with Gasteiger partial charge in [-0.25, -0.2) is 0 Å².